The Balaban J connectivity index is 1.93. The molecule has 0 spiro atoms. The molecule has 0 amide bonds. The number of H-pyrrole nitrogens is 2. The second-order valence-corrected chi connectivity index (χ2v) is 6.78. The molecule has 4 heterocycles. The molecule has 0 radical (unpaired) electrons. The monoisotopic (exact) mass is 362 g/mol. The number of fused-ring (bicyclic) bond motifs is 1. The Labute approximate surface area is 145 Å². The number of nitrogens with one attached hydrogen (secondary N) is 2. The van der Waals surface area contributed by atoms with E-state index in [2.05, 4.69) is 20.1 Å². The third kappa shape index (κ3) is 2.49. The van der Waals surface area contributed by atoms with Crippen LogP contribution in [0.5, 0.6) is 0 Å². The van der Waals surface area contributed by atoms with Gasteiger partial charge in [0.15, 0.2) is 5.65 Å². The standard InChI is InChI=1S/C16H16F2N6O2/c1-8-6-23(7-16(8,2)18)11-3-10(9-4-20-15(26)21-14(9)25)22-24-12(17)5-19-13(11)24/h3-5,8H,6-7H2,1-2H3,(H2,20,21,25,26)/t8-,16?/m0/s1. The zero-order valence-electron chi connectivity index (χ0n) is 14.1. The highest BCUT2D eigenvalue weighted by molar-refractivity contribution is 5.74. The van der Waals surface area contributed by atoms with Gasteiger partial charge in [0.2, 0.25) is 5.95 Å². The van der Waals surface area contributed by atoms with Crippen LogP contribution < -0.4 is 16.1 Å². The molecule has 2 atom stereocenters. The Morgan fingerprint density at radius 3 is 2.81 bits per heavy atom. The summed E-state index contributed by atoms with van der Waals surface area (Å²) in [6.07, 6.45) is 2.22. The number of halogens is 2. The van der Waals surface area contributed by atoms with Gasteiger partial charge in [-0.05, 0) is 13.0 Å². The number of aromatic nitrogens is 5. The van der Waals surface area contributed by atoms with Crippen molar-refractivity contribution in [2.75, 3.05) is 18.0 Å². The maximum Gasteiger partial charge on any atom is 0.325 e. The number of hydrogen-bond donors (Lipinski definition) is 2. The summed E-state index contributed by atoms with van der Waals surface area (Å²) in [5.74, 6) is -0.935. The molecular formula is C16H16F2N6O2. The van der Waals surface area contributed by atoms with Gasteiger partial charge in [-0.2, -0.15) is 14.0 Å². The largest absolute Gasteiger partial charge is 0.365 e. The lowest BCUT2D eigenvalue weighted by Gasteiger charge is -2.20. The van der Waals surface area contributed by atoms with Crippen molar-refractivity contribution in [1.82, 2.24) is 24.6 Å². The summed E-state index contributed by atoms with van der Waals surface area (Å²) in [6.45, 7) is 3.86. The van der Waals surface area contributed by atoms with Crippen molar-refractivity contribution in [1.29, 1.82) is 0 Å². The molecule has 8 nitrogen and oxygen atoms in total. The zero-order valence-corrected chi connectivity index (χ0v) is 14.1. The first-order valence-electron chi connectivity index (χ1n) is 8.07. The van der Waals surface area contributed by atoms with Crippen LogP contribution in [0.1, 0.15) is 13.8 Å². The molecule has 0 aliphatic carbocycles. The van der Waals surface area contributed by atoms with Crippen LogP contribution in [0.4, 0.5) is 14.5 Å². The summed E-state index contributed by atoms with van der Waals surface area (Å²) < 4.78 is 29.7. The maximum atomic E-state index is 14.6. The molecule has 1 aliphatic heterocycles. The minimum Gasteiger partial charge on any atom is -0.365 e. The van der Waals surface area contributed by atoms with Crippen molar-refractivity contribution in [2.45, 2.75) is 19.5 Å². The summed E-state index contributed by atoms with van der Waals surface area (Å²) in [4.78, 5) is 33.6. The Morgan fingerprint density at radius 1 is 1.38 bits per heavy atom. The van der Waals surface area contributed by atoms with E-state index in [-0.39, 0.29) is 29.4 Å². The van der Waals surface area contributed by atoms with Gasteiger partial charge in [0, 0.05) is 18.7 Å². The minimum absolute atomic E-state index is 0.0658. The Hall–Kier alpha value is -3.04. The van der Waals surface area contributed by atoms with Crippen molar-refractivity contribution < 1.29 is 8.78 Å². The second-order valence-electron chi connectivity index (χ2n) is 6.78. The topological polar surface area (TPSA) is 99.2 Å². The predicted octanol–water partition coefficient (Wildman–Crippen LogP) is 1.10. The van der Waals surface area contributed by atoms with Crippen molar-refractivity contribution in [2.24, 2.45) is 5.92 Å². The average molecular weight is 362 g/mol. The van der Waals surface area contributed by atoms with E-state index in [4.69, 9.17) is 0 Å². The van der Waals surface area contributed by atoms with Gasteiger partial charge >= 0.3 is 5.69 Å². The van der Waals surface area contributed by atoms with Crippen molar-refractivity contribution in [3.63, 3.8) is 0 Å². The molecule has 0 saturated carbocycles. The molecule has 1 fully saturated rings. The zero-order chi connectivity index (χ0) is 18.6. The summed E-state index contributed by atoms with van der Waals surface area (Å²) in [5, 5.41) is 4.10. The number of aromatic amines is 2. The number of nitrogens with zero attached hydrogens (tertiary/aromatic N) is 4. The Morgan fingerprint density at radius 2 is 2.15 bits per heavy atom. The van der Waals surface area contributed by atoms with E-state index in [1.807, 2.05) is 0 Å². The lowest BCUT2D eigenvalue weighted by molar-refractivity contribution is 0.164. The maximum absolute atomic E-state index is 14.6. The molecule has 2 N–H and O–H groups in total. The molecule has 26 heavy (non-hydrogen) atoms. The molecule has 3 aromatic heterocycles. The lowest BCUT2D eigenvalue weighted by atomic mass is 9.97. The first-order chi connectivity index (χ1) is 12.3. The normalized spacial score (nSPS) is 23.1. The third-order valence-electron chi connectivity index (χ3n) is 4.86. The van der Waals surface area contributed by atoms with Gasteiger partial charge in [-0.15, -0.1) is 0 Å². The van der Waals surface area contributed by atoms with Crippen LogP contribution in [0.25, 0.3) is 16.9 Å². The fourth-order valence-electron chi connectivity index (χ4n) is 3.19. The number of alkyl halides is 1. The average Bonchev–Trinajstić information content (AvgIpc) is 3.07. The van der Waals surface area contributed by atoms with Gasteiger partial charge in [0.05, 0.1) is 24.0 Å². The highest BCUT2D eigenvalue weighted by Crippen LogP contribution is 2.36. The summed E-state index contributed by atoms with van der Waals surface area (Å²) in [6, 6.07) is 1.55. The highest BCUT2D eigenvalue weighted by atomic mass is 19.1. The van der Waals surface area contributed by atoms with E-state index in [0.717, 1.165) is 10.7 Å². The molecule has 0 bridgehead atoms. The van der Waals surface area contributed by atoms with E-state index < -0.39 is 22.9 Å². The molecule has 1 saturated heterocycles. The summed E-state index contributed by atoms with van der Waals surface area (Å²) in [5.41, 5.74) is -1.80. The smallest absolute Gasteiger partial charge is 0.325 e. The van der Waals surface area contributed by atoms with Crippen molar-refractivity contribution >= 4 is 11.3 Å². The van der Waals surface area contributed by atoms with Crippen LogP contribution in [0.15, 0.2) is 28.0 Å². The van der Waals surface area contributed by atoms with Gasteiger partial charge < -0.3 is 9.88 Å². The first kappa shape index (κ1) is 16.4. The fraction of sp³-hybridized carbons (Fsp3) is 0.375. The number of imidazole rings is 1. The lowest BCUT2D eigenvalue weighted by Crippen LogP contribution is -2.28. The number of hydrogen-bond acceptors (Lipinski definition) is 5. The van der Waals surface area contributed by atoms with E-state index >= 15 is 0 Å². The highest BCUT2D eigenvalue weighted by Gasteiger charge is 2.41. The van der Waals surface area contributed by atoms with Crippen LogP contribution in [0, 0.1) is 11.9 Å². The van der Waals surface area contributed by atoms with Crippen molar-refractivity contribution in [3.8, 4) is 11.3 Å². The Kier molecular flexibility index (Phi) is 3.46. The number of rotatable bonds is 2. The van der Waals surface area contributed by atoms with Gasteiger partial charge in [-0.1, -0.05) is 6.92 Å². The molecular weight excluding hydrogens is 346 g/mol. The first-order valence-corrected chi connectivity index (χ1v) is 8.07. The third-order valence-corrected chi connectivity index (χ3v) is 4.86. The molecule has 0 aromatic carbocycles. The van der Waals surface area contributed by atoms with Crippen LogP contribution in [0.2, 0.25) is 0 Å². The molecule has 3 aromatic rings. The van der Waals surface area contributed by atoms with E-state index in [1.54, 1.807) is 17.9 Å². The van der Waals surface area contributed by atoms with E-state index in [1.165, 1.54) is 13.1 Å². The van der Waals surface area contributed by atoms with Gasteiger partial charge in [-0.25, -0.2) is 14.2 Å². The van der Waals surface area contributed by atoms with E-state index in [0.29, 0.717) is 12.2 Å². The van der Waals surface area contributed by atoms with Crippen LogP contribution in [-0.4, -0.2) is 43.3 Å². The molecule has 10 heteroatoms. The van der Waals surface area contributed by atoms with Crippen molar-refractivity contribution in [3.05, 3.63) is 45.2 Å². The summed E-state index contributed by atoms with van der Waals surface area (Å²) >= 11 is 0. The molecule has 1 aliphatic rings. The second kappa shape index (κ2) is 5.48. The minimum atomic E-state index is -1.40. The van der Waals surface area contributed by atoms with Gasteiger partial charge in [0.1, 0.15) is 11.4 Å². The van der Waals surface area contributed by atoms with Crippen LogP contribution in [-0.2, 0) is 0 Å². The molecule has 4 rings (SSSR count). The van der Waals surface area contributed by atoms with E-state index in [9.17, 15) is 18.4 Å². The quantitative estimate of drug-likeness (QED) is 0.711. The Bertz CT molecular complexity index is 1120. The summed E-state index contributed by atoms with van der Waals surface area (Å²) in [7, 11) is 0. The van der Waals surface area contributed by atoms with Crippen LogP contribution >= 0.6 is 0 Å². The molecule has 1 unspecified atom stereocenters. The van der Waals surface area contributed by atoms with Gasteiger partial charge in [-0.3, -0.25) is 9.78 Å². The SMILES string of the molecule is C[C@H]1CN(c2cc(-c3c[nH]c(=O)[nH]c3=O)nn3c(F)cnc23)CC1(C)F. The van der Waals surface area contributed by atoms with Gasteiger partial charge in [0.25, 0.3) is 5.56 Å². The molecule has 136 valence electrons. The predicted molar refractivity (Wildman–Crippen MR) is 90.5 cm³/mol. The number of anilines is 1. The van der Waals surface area contributed by atoms with Crippen LogP contribution in [0.3, 0.4) is 0 Å². The fourth-order valence-corrected chi connectivity index (χ4v) is 3.19.